The molecule has 0 bridgehead atoms. The summed E-state index contributed by atoms with van der Waals surface area (Å²) in [6.07, 6.45) is 0.649. The van der Waals surface area contributed by atoms with Gasteiger partial charge in [-0.25, -0.2) is 0 Å². The summed E-state index contributed by atoms with van der Waals surface area (Å²) < 4.78 is 5.37. The average Bonchev–Trinajstić information content (AvgIpc) is 3.15. The largest absolute Gasteiger partial charge is 0.356 e. The molecule has 1 aliphatic heterocycles. The van der Waals surface area contributed by atoms with Gasteiger partial charge in [0.25, 0.3) is 0 Å². The topological polar surface area (TPSA) is 66.5 Å². The maximum Gasteiger partial charge on any atom is 0.228 e. The van der Waals surface area contributed by atoms with Crippen LogP contribution in [0.4, 0.5) is 0 Å². The van der Waals surface area contributed by atoms with Crippen molar-refractivity contribution >= 4 is 29.3 Å². The third-order valence-electron chi connectivity index (χ3n) is 4.54. The van der Waals surface area contributed by atoms with E-state index < -0.39 is 0 Å². The molecule has 0 aliphatic carbocycles. The zero-order valence-corrected chi connectivity index (χ0v) is 17.6. The van der Waals surface area contributed by atoms with Crippen LogP contribution in [0, 0.1) is 5.92 Å². The van der Waals surface area contributed by atoms with Gasteiger partial charge in [-0.2, -0.15) is 16.7 Å². The first-order valence-corrected chi connectivity index (χ1v) is 10.6. The van der Waals surface area contributed by atoms with Crippen LogP contribution in [-0.2, 0) is 6.42 Å². The van der Waals surface area contributed by atoms with E-state index in [4.69, 9.17) is 16.1 Å². The van der Waals surface area contributed by atoms with E-state index in [2.05, 4.69) is 51.0 Å². The number of halogens is 1. The second kappa shape index (κ2) is 9.46. The molecule has 1 aromatic heterocycles. The highest BCUT2D eigenvalue weighted by Crippen LogP contribution is 2.25. The lowest BCUT2D eigenvalue weighted by Gasteiger charge is -2.36. The number of hydrogen-bond donors (Lipinski definition) is 1. The first-order valence-electron chi connectivity index (χ1n) is 9.22. The van der Waals surface area contributed by atoms with Crippen LogP contribution in [0.2, 0.25) is 5.02 Å². The number of aliphatic imine (C=N–C) groups is 1. The summed E-state index contributed by atoms with van der Waals surface area (Å²) in [7, 11) is 1.83. The minimum Gasteiger partial charge on any atom is -0.356 e. The Bertz CT molecular complexity index is 762. The van der Waals surface area contributed by atoms with Crippen molar-refractivity contribution in [2.75, 3.05) is 32.4 Å². The normalized spacial score (nSPS) is 18.2. The molecule has 1 aliphatic rings. The van der Waals surface area contributed by atoms with Crippen molar-refractivity contribution in [1.82, 2.24) is 20.4 Å². The summed E-state index contributed by atoms with van der Waals surface area (Å²) in [5.41, 5.74) is 0.892. The molecular weight excluding hydrogens is 382 g/mol. The Kier molecular flexibility index (Phi) is 7.01. The Hall–Kier alpha value is -1.73. The van der Waals surface area contributed by atoms with Crippen LogP contribution in [0.1, 0.15) is 19.7 Å². The summed E-state index contributed by atoms with van der Waals surface area (Å²) in [5, 5.41) is 8.81. The standard InChI is InChI=1S/C19H26ClN5OS/c1-13(2)16-12-25(10-11-27-16)19(21-3)22-9-8-17-23-18(24-26-17)14-4-6-15(20)7-5-14/h4-7,13,16H,8-12H2,1-3H3,(H,21,22). The number of hydrogen-bond acceptors (Lipinski definition) is 5. The first kappa shape index (κ1) is 20.0. The van der Waals surface area contributed by atoms with Gasteiger partial charge >= 0.3 is 0 Å². The molecular formula is C19H26ClN5OS. The predicted octanol–water partition coefficient (Wildman–Crippen LogP) is 3.58. The van der Waals surface area contributed by atoms with Crippen LogP contribution >= 0.6 is 23.4 Å². The molecule has 0 radical (unpaired) electrons. The maximum atomic E-state index is 5.92. The highest BCUT2D eigenvalue weighted by molar-refractivity contribution is 8.00. The number of aromatic nitrogens is 2. The lowest BCUT2D eigenvalue weighted by atomic mass is 10.1. The van der Waals surface area contributed by atoms with Gasteiger partial charge in [0.1, 0.15) is 0 Å². The van der Waals surface area contributed by atoms with Crippen molar-refractivity contribution in [2.45, 2.75) is 25.5 Å². The second-order valence-corrected chi connectivity index (χ2v) is 8.63. The smallest absolute Gasteiger partial charge is 0.228 e. The SMILES string of the molecule is CN=C(NCCc1nc(-c2ccc(Cl)cc2)no1)N1CCSC(C(C)C)C1. The number of benzene rings is 1. The molecule has 6 nitrogen and oxygen atoms in total. The van der Waals surface area contributed by atoms with E-state index in [0.717, 1.165) is 30.4 Å². The molecule has 0 amide bonds. The number of thioether (sulfide) groups is 1. The van der Waals surface area contributed by atoms with E-state index in [0.29, 0.717) is 40.9 Å². The van der Waals surface area contributed by atoms with Crippen molar-refractivity contribution in [3.05, 3.63) is 35.2 Å². The lowest BCUT2D eigenvalue weighted by Crippen LogP contribution is -2.49. The Morgan fingerprint density at radius 1 is 1.41 bits per heavy atom. The highest BCUT2D eigenvalue weighted by atomic mass is 35.5. The van der Waals surface area contributed by atoms with E-state index in [9.17, 15) is 0 Å². The molecule has 1 saturated heterocycles. The van der Waals surface area contributed by atoms with Gasteiger partial charge in [0.15, 0.2) is 5.96 Å². The average molecular weight is 408 g/mol. The van der Waals surface area contributed by atoms with Gasteiger partial charge in [0.2, 0.25) is 11.7 Å². The molecule has 1 unspecified atom stereocenters. The van der Waals surface area contributed by atoms with Crippen molar-refractivity contribution in [1.29, 1.82) is 0 Å². The van der Waals surface area contributed by atoms with Crippen LogP contribution in [-0.4, -0.2) is 58.7 Å². The fraction of sp³-hybridized carbons (Fsp3) is 0.526. The fourth-order valence-electron chi connectivity index (χ4n) is 2.96. The van der Waals surface area contributed by atoms with Crippen LogP contribution in [0.25, 0.3) is 11.4 Å². The zero-order chi connectivity index (χ0) is 19.2. The van der Waals surface area contributed by atoms with Crippen molar-refractivity contribution in [3.63, 3.8) is 0 Å². The molecule has 3 rings (SSSR count). The third kappa shape index (κ3) is 5.39. The highest BCUT2D eigenvalue weighted by Gasteiger charge is 2.24. The van der Waals surface area contributed by atoms with Gasteiger partial charge < -0.3 is 14.7 Å². The molecule has 8 heteroatoms. The number of nitrogens with zero attached hydrogens (tertiary/aromatic N) is 4. The van der Waals surface area contributed by atoms with Crippen LogP contribution in [0.3, 0.4) is 0 Å². The summed E-state index contributed by atoms with van der Waals surface area (Å²) in [5.74, 6) is 3.94. The molecule has 2 aromatic rings. The molecule has 27 heavy (non-hydrogen) atoms. The number of nitrogens with one attached hydrogen (secondary N) is 1. The first-order chi connectivity index (χ1) is 13.1. The predicted molar refractivity (Wildman–Crippen MR) is 112 cm³/mol. The Labute approximate surface area is 169 Å². The molecule has 0 spiro atoms. The molecule has 1 atom stereocenters. The van der Waals surface area contributed by atoms with Gasteiger partial charge in [0.05, 0.1) is 0 Å². The van der Waals surface area contributed by atoms with E-state index >= 15 is 0 Å². The van der Waals surface area contributed by atoms with Gasteiger partial charge in [-0.05, 0) is 30.2 Å². The molecule has 2 heterocycles. The summed E-state index contributed by atoms with van der Waals surface area (Å²) in [4.78, 5) is 11.2. The molecule has 0 saturated carbocycles. The number of rotatable bonds is 5. The van der Waals surface area contributed by atoms with Gasteiger partial charge in [-0.3, -0.25) is 4.99 Å². The third-order valence-corrected chi connectivity index (χ3v) is 6.33. The van der Waals surface area contributed by atoms with E-state index in [1.807, 2.05) is 31.3 Å². The van der Waals surface area contributed by atoms with Gasteiger partial charge in [-0.15, -0.1) is 0 Å². The second-order valence-electron chi connectivity index (χ2n) is 6.84. The van der Waals surface area contributed by atoms with Crippen LogP contribution in [0.5, 0.6) is 0 Å². The summed E-state index contributed by atoms with van der Waals surface area (Å²) in [6, 6.07) is 7.41. The fourth-order valence-corrected chi connectivity index (χ4v) is 4.38. The number of guanidine groups is 1. The van der Waals surface area contributed by atoms with Crippen molar-refractivity contribution in [2.24, 2.45) is 10.9 Å². The Balaban J connectivity index is 1.52. The lowest BCUT2D eigenvalue weighted by molar-refractivity contribution is 0.370. The van der Waals surface area contributed by atoms with Gasteiger partial charge in [0, 0.05) is 54.7 Å². The van der Waals surface area contributed by atoms with E-state index in [1.54, 1.807) is 0 Å². The summed E-state index contributed by atoms with van der Waals surface area (Å²) >= 11 is 7.98. The zero-order valence-electron chi connectivity index (χ0n) is 16.0. The molecule has 1 aromatic carbocycles. The molecule has 1 N–H and O–H groups in total. The van der Waals surface area contributed by atoms with E-state index in [1.165, 1.54) is 0 Å². The molecule has 146 valence electrons. The minimum absolute atomic E-state index is 0.582. The monoisotopic (exact) mass is 407 g/mol. The van der Waals surface area contributed by atoms with Crippen molar-refractivity contribution < 1.29 is 4.52 Å². The van der Waals surface area contributed by atoms with Crippen molar-refractivity contribution in [3.8, 4) is 11.4 Å². The molecule has 1 fully saturated rings. The quantitative estimate of drug-likeness (QED) is 0.603. The minimum atomic E-state index is 0.582. The van der Waals surface area contributed by atoms with Gasteiger partial charge in [-0.1, -0.05) is 30.6 Å². The Morgan fingerprint density at radius 2 is 2.19 bits per heavy atom. The van der Waals surface area contributed by atoms with Crippen LogP contribution < -0.4 is 5.32 Å². The maximum absolute atomic E-state index is 5.92. The van der Waals surface area contributed by atoms with E-state index in [-0.39, 0.29) is 0 Å². The summed E-state index contributed by atoms with van der Waals surface area (Å²) in [6.45, 7) is 7.32. The van der Waals surface area contributed by atoms with Crippen LogP contribution in [0.15, 0.2) is 33.8 Å². The Morgan fingerprint density at radius 3 is 2.89 bits per heavy atom.